The van der Waals surface area contributed by atoms with Crippen LogP contribution in [0.15, 0.2) is 315 Å². The molecule has 0 bridgehead atoms. The van der Waals surface area contributed by atoms with Gasteiger partial charge in [0.05, 0.1) is 67.3 Å². The average Bonchev–Trinajstić information content (AvgIpc) is 0.681. The predicted molar refractivity (Wildman–Crippen MR) is 551 cm³/mol. The number of hydrogen-bond donors (Lipinski definition) is 6. The molecule has 0 spiro atoms. The summed E-state index contributed by atoms with van der Waals surface area (Å²) < 4.78 is 32.8. The lowest BCUT2D eigenvalue weighted by molar-refractivity contribution is 0.0877. The zero-order chi connectivity index (χ0) is 99.0. The van der Waals surface area contributed by atoms with Crippen LogP contribution >= 0.6 is 0 Å². The minimum absolute atomic E-state index is 0.0348. The molecule has 0 aliphatic carbocycles. The Morgan fingerprint density at radius 3 is 0.754 bits per heavy atom. The molecule has 700 valence electrons. The number of aromatic hydroxyl groups is 4. The van der Waals surface area contributed by atoms with Crippen LogP contribution in [-0.4, -0.2) is 85.4 Å². The van der Waals surface area contributed by atoms with Crippen LogP contribution < -0.4 is 39.4 Å². The molecule has 24 nitrogen and oxygen atoms in total. The number of carbonyl (C=O) groups excluding carboxylic acids is 6. The van der Waals surface area contributed by atoms with Gasteiger partial charge in [0.25, 0.3) is 35.4 Å². The molecule has 0 saturated carbocycles. The number of phenolic OH excluding ortho intramolecular Hbond substituents is 4. The van der Waals surface area contributed by atoms with E-state index in [4.69, 9.17) is 39.1 Å². The number of carbonyl (C=O) groups is 6. The van der Waals surface area contributed by atoms with E-state index < -0.39 is 35.4 Å². The number of rotatable bonds is 20. The molecule has 142 heavy (non-hydrogen) atoms. The van der Waals surface area contributed by atoms with E-state index in [1.807, 2.05) is 97.1 Å². The molecule has 0 atom stereocenters. The van der Waals surface area contributed by atoms with Gasteiger partial charge in [-0.1, -0.05) is 180 Å². The van der Waals surface area contributed by atoms with Gasteiger partial charge in [0, 0.05) is 65.6 Å². The molecule has 24 heteroatoms. The molecule has 2 aromatic heterocycles. The Bertz CT molecular complexity index is 7640. The van der Waals surface area contributed by atoms with Gasteiger partial charge >= 0.3 is 0 Å². The van der Waals surface area contributed by atoms with Gasteiger partial charge in [-0.15, -0.1) is 10.2 Å². The fourth-order valence-corrected chi connectivity index (χ4v) is 18.4. The molecular weight excluding hydrogens is 1780 g/mol. The number of amides is 6. The zero-order valence-electron chi connectivity index (χ0n) is 79.5. The quantitative estimate of drug-likeness (QED) is 0.0235. The number of anilines is 4. The van der Waals surface area contributed by atoms with Crippen molar-refractivity contribution in [2.45, 2.75) is 105 Å². The first kappa shape index (κ1) is 90.4. The fourth-order valence-electron chi connectivity index (χ4n) is 18.4. The van der Waals surface area contributed by atoms with Gasteiger partial charge in [0.1, 0.15) is 69.0 Å². The van der Waals surface area contributed by atoms with Crippen LogP contribution in [0.3, 0.4) is 0 Å². The van der Waals surface area contributed by atoms with Crippen LogP contribution in [0, 0.1) is 0 Å². The highest BCUT2D eigenvalue weighted by Crippen LogP contribution is 2.59. The molecular formula is C118H94N10O14. The Balaban J connectivity index is 0.714. The fraction of sp³-hybridized carbons (Fsp3) is 0.136. The molecule has 0 radical (unpaired) electrons. The van der Waals surface area contributed by atoms with E-state index in [0.717, 1.165) is 32.1 Å². The summed E-state index contributed by atoms with van der Waals surface area (Å²) >= 11 is 0. The lowest BCUT2D eigenvalue weighted by Gasteiger charge is -2.32. The van der Waals surface area contributed by atoms with Gasteiger partial charge in [0.2, 0.25) is 0 Å². The molecule has 2 aliphatic rings. The van der Waals surface area contributed by atoms with Crippen molar-refractivity contribution in [3.63, 3.8) is 0 Å². The summed E-state index contributed by atoms with van der Waals surface area (Å²) in [5.74, 6) is -1.43. The van der Waals surface area contributed by atoms with Crippen molar-refractivity contribution >= 4 is 101 Å². The standard InChI is InChI=1S/C118H94N10O14/c1-115(2,3)67-33-53-77(54-34-67)139-93-61-85-97-86(112(136)125(111(85)135)73-49-41-71(42-50-73)119-109(133)65-29-45-75(46-30-65)127-107(83-23-15-19-27-91(83)131)121-105(123-127)81-21-13-17-25-89(81)129)63-95(141-79-57-37-69(38-58-79)117(7,8)9)101-102-96(142-80-59-39-70(40-60-80)118(10,11)12)64-88-98-87(62-94(100(104(98)102)99(93)103(97)101)140-78-55-35-68(36-56-78)116(4,5)6)113(137)126(114(88)138)74-51-43-72(44-52-74)120-110(134)66-31-47-76(48-32-66)128-108(84-24-16-20-28-92(84)132)122-106(124-128)82-22-14-18-26-90(82)130/h13-64,129-132H,1-12H3,(H,119,133)(H,120,134). The first-order valence-corrected chi connectivity index (χ1v) is 46.4. The number of imide groups is 2. The number of hydrogen-bond acceptors (Lipinski definition) is 18. The second kappa shape index (κ2) is 34.6. The maximum atomic E-state index is 16.6. The number of nitrogens with one attached hydrogen (secondary N) is 2. The van der Waals surface area contributed by atoms with Crippen molar-refractivity contribution in [2.24, 2.45) is 0 Å². The average molecular weight is 1880 g/mol. The van der Waals surface area contributed by atoms with Crippen LogP contribution in [0.25, 0.3) is 100 Å². The normalized spacial score (nSPS) is 12.8. The first-order valence-electron chi connectivity index (χ1n) is 46.4. The van der Waals surface area contributed by atoms with E-state index in [-0.39, 0.29) is 146 Å². The second-order valence-corrected chi connectivity index (χ2v) is 39.6. The summed E-state index contributed by atoms with van der Waals surface area (Å²) in [7, 11) is 0. The molecule has 0 saturated heterocycles. The first-order chi connectivity index (χ1) is 68.0. The highest BCUT2D eigenvalue weighted by Gasteiger charge is 2.44. The Hall–Kier alpha value is -18.1. The van der Waals surface area contributed by atoms with Gasteiger partial charge in [-0.05, 0) is 262 Å². The zero-order valence-corrected chi connectivity index (χ0v) is 79.5. The minimum Gasteiger partial charge on any atom is -0.507 e. The lowest BCUT2D eigenvalue weighted by Crippen LogP contribution is -2.40. The Kier molecular flexibility index (Phi) is 22.0. The summed E-state index contributed by atoms with van der Waals surface area (Å²) in [6.45, 7) is 25.3. The van der Waals surface area contributed by atoms with Gasteiger partial charge in [-0.25, -0.2) is 29.1 Å². The third-order valence-corrected chi connectivity index (χ3v) is 26.0. The highest BCUT2D eigenvalue weighted by molar-refractivity contribution is 6.48. The van der Waals surface area contributed by atoms with E-state index in [2.05, 4.69) is 93.7 Å². The molecule has 2 aliphatic heterocycles. The second-order valence-electron chi connectivity index (χ2n) is 39.6. The van der Waals surface area contributed by atoms with Crippen molar-refractivity contribution in [3.8, 4) is 126 Å². The number of para-hydroxylation sites is 4. The Morgan fingerprint density at radius 1 is 0.268 bits per heavy atom. The van der Waals surface area contributed by atoms with Crippen molar-refractivity contribution in [1.82, 2.24) is 29.5 Å². The van der Waals surface area contributed by atoms with E-state index in [1.165, 1.54) is 33.6 Å². The Morgan fingerprint density at radius 2 is 0.507 bits per heavy atom. The SMILES string of the molecule is CC(C)(C)c1ccc(Oc2cc3c4c(cc(Oc5ccc(C(C)(C)C)cc5)c5c6c(Oc7ccc(C(C)(C)C)cc7)cc7c8c(cc(Oc9ccc(C(C)(C)C)cc9)c(c2c45)c86)C(=O)N(c2ccc(NC(=O)c4ccc(-n5nc(-c6ccccc6O)nc5-c5ccccc5O)cc4)cc2)C7=O)C(=O)N(c2ccc(NC(=O)c4ccc(-n5nc(-c6ccccc6O)nc5-c5ccccc5O)cc4)cc2)C3=O)cc1. The number of aromatic nitrogens is 6. The van der Waals surface area contributed by atoms with Crippen LogP contribution in [0.1, 0.15) is 167 Å². The monoisotopic (exact) mass is 1870 g/mol. The van der Waals surface area contributed by atoms with E-state index in [0.29, 0.717) is 100 Å². The largest absolute Gasteiger partial charge is 0.507 e. The molecule has 0 fully saturated rings. The van der Waals surface area contributed by atoms with Gasteiger partial charge in [-0.3, -0.25) is 28.8 Å². The summed E-state index contributed by atoms with van der Waals surface area (Å²) in [5.41, 5.74) is 6.82. The smallest absolute Gasteiger partial charge is 0.266 e. The third kappa shape index (κ3) is 16.4. The van der Waals surface area contributed by atoms with Crippen LogP contribution in [0.5, 0.6) is 69.0 Å². The van der Waals surface area contributed by atoms with Gasteiger partial charge in [0.15, 0.2) is 23.3 Å². The number of fused-ring (bicyclic) bond motifs is 2. The number of nitrogens with zero attached hydrogens (tertiary/aromatic N) is 8. The molecule has 0 unspecified atom stereocenters. The van der Waals surface area contributed by atoms with Gasteiger partial charge in [-0.2, -0.15) is 0 Å². The molecule has 4 heterocycles. The van der Waals surface area contributed by atoms with Crippen molar-refractivity contribution in [2.75, 3.05) is 20.4 Å². The van der Waals surface area contributed by atoms with E-state index >= 15 is 19.2 Å². The highest BCUT2D eigenvalue weighted by atomic mass is 16.5. The molecule has 6 amide bonds. The van der Waals surface area contributed by atoms with Crippen LogP contribution in [0.4, 0.5) is 22.7 Å². The Labute approximate surface area is 816 Å². The summed E-state index contributed by atoms with van der Waals surface area (Å²) in [6, 6.07) is 89.5. The van der Waals surface area contributed by atoms with Crippen LogP contribution in [-0.2, 0) is 21.7 Å². The minimum atomic E-state index is -0.746. The van der Waals surface area contributed by atoms with Crippen LogP contribution in [0.2, 0.25) is 0 Å². The van der Waals surface area contributed by atoms with Crippen molar-refractivity contribution in [3.05, 3.63) is 371 Å². The maximum absolute atomic E-state index is 16.6. The third-order valence-electron chi connectivity index (χ3n) is 26.0. The molecule has 6 N–H and O–H groups in total. The van der Waals surface area contributed by atoms with Gasteiger partial charge < -0.3 is 50.0 Å². The van der Waals surface area contributed by atoms with E-state index in [1.54, 1.807) is 194 Å². The van der Waals surface area contributed by atoms with Crippen molar-refractivity contribution < 1.29 is 68.1 Å². The number of benzene rings is 17. The number of ether oxygens (including phenoxy) is 4. The molecule has 19 aromatic rings. The van der Waals surface area contributed by atoms with E-state index in [9.17, 15) is 30.0 Å². The summed E-state index contributed by atoms with van der Waals surface area (Å²) in [4.78, 5) is 107. The van der Waals surface area contributed by atoms with Crippen molar-refractivity contribution in [1.29, 1.82) is 0 Å². The number of phenols is 4. The summed E-state index contributed by atoms with van der Waals surface area (Å²) in [6.07, 6.45) is 0. The maximum Gasteiger partial charge on any atom is 0.266 e. The summed E-state index contributed by atoms with van der Waals surface area (Å²) in [5, 5.41) is 61.5. The molecule has 17 aromatic carbocycles. The topological polar surface area (TPSA) is 312 Å². The predicted octanol–water partition coefficient (Wildman–Crippen LogP) is 26.9. The molecule has 21 rings (SSSR count). The lowest BCUT2D eigenvalue weighted by atomic mass is 9.80.